The predicted octanol–water partition coefficient (Wildman–Crippen LogP) is 3.30. The van der Waals surface area contributed by atoms with E-state index in [0.29, 0.717) is 24.4 Å². The van der Waals surface area contributed by atoms with E-state index in [1.54, 1.807) is 23.1 Å². The summed E-state index contributed by atoms with van der Waals surface area (Å²) in [6, 6.07) is 21.1. The molecule has 0 aliphatic heterocycles. The lowest BCUT2D eigenvalue weighted by Crippen LogP contribution is -2.26. The van der Waals surface area contributed by atoms with Crippen molar-refractivity contribution in [1.82, 2.24) is 25.1 Å². The highest BCUT2D eigenvalue weighted by Gasteiger charge is 2.08. The first kappa shape index (κ1) is 17.6. The van der Waals surface area contributed by atoms with Crippen LogP contribution in [0, 0.1) is 0 Å². The van der Waals surface area contributed by atoms with Crippen LogP contribution in [-0.2, 0) is 6.42 Å². The number of nitrogens with zero attached hydrogens (tertiary/aromatic N) is 4. The van der Waals surface area contributed by atoms with Gasteiger partial charge in [-0.25, -0.2) is 14.6 Å². The fourth-order valence-corrected chi connectivity index (χ4v) is 2.89. The second-order valence-corrected chi connectivity index (χ2v) is 6.23. The molecule has 2 aromatic heterocycles. The van der Waals surface area contributed by atoms with Crippen molar-refractivity contribution in [2.75, 3.05) is 6.54 Å². The molecular formula is C22H19N5O. The Morgan fingerprint density at radius 1 is 0.964 bits per heavy atom. The second-order valence-electron chi connectivity index (χ2n) is 6.23. The van der Waals surface area contributed by atoms with Gasteiger partial charge in [0.2, 0.25) is 0 Å². The minimum Gasteiger partial charge on any atom is -0.352 e. The van der Waals surface area contributed by atoms with Gasteiger partial charge in [0.1, 0.15) is 5.82 Å². The lowest BCUT2D eigenvalue weighted by atomic mass is 10.1. The van der Waals surface area contributed by atoms with Gasteiger partial charge >= 0.3 is 0 Å². The van der Waals surface area contributed by atoms with Crippen molar-refractivity contribution in [3.8, 4) is 16.9 Å². The molecule has 28 heavy (non-hydrogen) atoms. The van der Waals surface area contributed by atoms with Crippen LogP contribution >= 0.6 is 0 Å². The molecule has 0 atom stereocenters. The van der Waals surface area contributed by atoms with E-state index in [4.69, 9.17) is 0 Å². The molecule has 6 heteroatoms. The molecule has 0 unspecified atom stereocenters. The third kappa shape index (κ3) is 4.12. The van der Waals surface area contributed by atoms with Crippen molar-refractivity contribution in [2.24, 2.45) is 0 Å². The number of rotatable bonds is 6. The molecule has 0 radical (unpaired) electrons. The van der Waals surface area contributed by atoms with E-state index in [0.717, 1.165) is 16.9 Å². The zero-order chi connectivity index (χ0) is 19.2. The first-order valence-electron chi connectivity index (χ1n) is 9.05. The quantitative estimate of drug-likeness (QED) is 0.566. The van der Waals surface area contributed by atoms with E-state index in [2.05, 4.69) is 20.4 Å². The minimum atomic E-state index is -0.131. The van der Waals surface area contributed by atoms with E-state index < -0.39 is 0 Å². The molecule has 138 valence electrons. The molecule has 2 aromatic carbocycles. The Balaban J connectivity index is 1.38. The number of nitrogens with one attached hydrogen (secondary N) is 1. The largest absolute Gasteiger partial charge is 0.352 e. The summed E-state index contributed by atoms with van der Waals surface area (Å²) >= 11 is 0. The molecule has 6 nitrogen and oxygen atoms in total. The first-order chi connectivity index (χ1) is 13.8. The number of carbonyl (C=O) groups excluding carboxylic acids is 1. The van der Waals surface area contributed by atoms with Gasteiger partial charge in [0.25, 0.3) is 5.91 Å². The summed E-state index contributed by atoms with van der Waals surface area (Å²) in [6.07, 6.45) is 5.86. The number of benzene rings is 2. The molecule has 2 heterocycles. The summed E-state index contributed by atoms with van der Waals surface area (Å²) < 4.78 is 1.72. The molecule has 0 saturated heterocycles. The van der Waals surface area contributed by atoms with Crippen molar-refractivity contribution in [2.45, 2.75) is 6.42 Å². The summed E-state index contributed by atoms with van der Waals surface area (Å²) in [6.45, 7) is 0.461. The van der Waals surface area contributed by atoms with Crippen LogP contribution in [0.25, 0.3) is 16.9 Å². The van der Waals surface area contributed by atoms with Gasteiger partial charge in [-0.05, 0) is 30.3 Å². The van der Waals surface area contributed by atoms with Gasteiger partial charge in [-0.1, -0.05) is 36.4 Å². The second kappa shape index (κ2) is 8.26. The monoisotopic (exact) mass is 369 g/mol. The highest BCUT2D eigenvalue weighted by molar-refractivity contribution is 5.94. The SMILES string of the molecule is O=C(NCCc1nccc(-c2ccccc2)n1)c1cccc(-n2cccn2)c1. The number of hydrogen-bond donors (Lipinski definition) is 1. The lowest BCUT2D eigenvalue weighted by molar-refractivity contribution is 0.0954. The molecule has 1 N–H and O–H groups in total. The zero-order valence-electron chi connectivity index (χ0n) is 15.2. The summed E-state index contributed by atoms with van der Waals surface area (Å²) in [4.78, 5) is 21.4. The Labute approximate surface area is 162 Å². The lowest BCUT2D eigenvalue weighted by Gasteiger charge is -2.08. The van der Waals surface area contributed by atoms with Crippen molar-refractivity contribution >= 4 is 5.91 Å². The van der Waals surface area contributed by atoms with Gasteiger partial charge in [-0.15, -0.1) is 0 Å². The molecule has 0 spiro atoms. The number of aromatic nitrogens is 4. The highest BCUT2D eigenvalue weighted by atomic mass is 16.1. The third-order valence-electron chi connectivity index (χ3n) is 4.29. The van der Waals surface area contributed by atoms with Crippen molar-refractivity contribution < 1.29 is 4.79 Å². The summed E-state index contributed by atoms with van der Waals surface area (Å²) in [5.74, 6) is 0.570. The van der Waals surface area contributed by atoms with Gasteiger partial charge in [-0.3, -0.25) is 4.79 Å². The molecule has 0 aliphatic carbocycles. The van der Waals surface area contributed by atoms with Gasteiger partial charge < -0.3 is 5.32 Å². The van der Waals surface area contributed by atoms with Crippen molar-refractivity contribution in [1.29, 1.82) is 0 Å². The van der Waals surface area contributed by atoms with Crippen LogP contribution in [0.15, 0.2) is 85.3 Å². The van der Waals surface area contributed by atoms with Crippen LogP contribution in [-0.4, -0.2) is 32.2 Å². The smallest absolute Gasteiger partial charge is 0.251 e. The summed E-state index contributed by atoms with van der Waals surface area (Å²) in [5, 5.41) is 7.12. The van der Waals surface area contributed by atoms with Crippen LogP contribution in [0.1, 0.15) is 16.2 Å². The molecule has 0 bridgehead atoms. The summed E-state index contributed by atoms with van der Waals surface area (Å²) in [5.41, 5.74) is 3.36. The van der Waals surface area contributed by atoms with Crippen LogP contribution in [0.4, 0.5) is 0 Å². The molecule has 4 rings (SSSR count). The maximum Gasteiger partial charge on any atom is 0.251 e. The Morgan fingerprint density at radius 2 is 1.86 bits per heavy atom. The number of carbonyl (C=O) groups is 1. The van der Waals surface area contributed by atoms with E-state index >= 15 is 0 Å². The molecule has 0 aliphatic rings. The topological polar surface area (TPSA) is 72.7 Å². The molecule has 4 aromatic rings. The molecule has 0 fully saturated rings. The minimum absolute atomic E-state index is 0.131. The fraction of sp³-hybridized carbons (Fsp3) is 0.0909. The van der Waals surface area contributed by atoms with Gasteiger partial charge in [0.15, 0.2) is 0 Å². The van der Waals surface area contributed by atoms with E-state index in [-0.39, 0.29) is 5.91 Å². The number of hydrogen-bond acceptors (Lipinski definition) is 4. The number of amides is 1. The van der Waals surface area contributed by atoms with Crippen molar-refractivity contribution in [3.63, 3.8) is 0 Å². The molecular weight excluding hydrogens is 350 g/mol. The van der Waals surface area contributed by atoms with Crippen LogP contribution in [0.5, 0.6) is 0 Å². The van der Waals surface area contributed by atoms with Crippen LogP contribution in [0.2, 0.25) is 0 Å². The summed E-state index contributed by atoms with van der Waals surface area (Å²) in [7, 11) is 0. The molecule has 0 saturated carbocycles. The first-order valence-corrected chi connectivity index (χ1v) is 9.05. The Kier molecular flexibility index (Phi) is 5.20. The normalized spacial score (nSPS) is 10.6. The average Bonchev–Trinajstić information content (AvgIpc) is 3.30. The standard InChI is InChI=1S/C22H19N5O/c28-22(18-8-4-9-19(16-18)27-15-5-12-25-27)24-14-11-21-23-13-10-20(26-21)17-6-2-1-3-7-17/h1-10,12-13,15-16H,11,14H2,(H,24,28). The third-order valence-corrected chi connectivity index (χ3v) is 4.29. The van der Waals surface area contributed by atoms with E-state index in [1.807, 2.05) is 66.9 Å². The maximum absolute atomic E-state index is 12.5. The van der Waals surface area contributed by atoms with E-state index in [9.17, 15) is 4.79 Å². The zero-order valence-corrected chi connectivity index (χ0v) is 15.2. The van der Waals surface area contributed by atoms with Crippen LogP contribution < -0.4 is 5.32 Å². The maximum atomic E-state index is 12.5. The predicted molar refractivity (Wildman–Crippen MR) is 107 cm³/mol. The van der Waals surface area contributed by atoms with Crippen molar-refractivity contribution in [3.05, 3.63) is 96.7 Å². The Bertz CT molecular complexity index is 1060. The van der Waals surface area contributed by atoms with Gasteiger partial charge in [-0.2, -0.15) is 5.10 Å². The van der Waals surface area contributed by atoms with E-state index in [1.165, 1.54) is 0 Å². The average molecular weight is 369 g/mol. The Morgan fingerprint density at radius 3 is 2.68 bits per heavy atom. The highest BCUT2D eigenvalue weighted by Crippen LogP contribution is 2.15. The molecule has 1 amide bonds. The van der Waals surface area contributed by atoms with Crippen LogP contribution in [0.3, 0.4) is 0 Å². The Hall–Kier alpha value is -3.80. The van der Waals surface area contributed by atoms with Gasteiger partial charge in [0.05, 0.1) is 11.4 Å². The fourth-order valence-electron chi connectivity index (χ4n) is 2.89. The van der Waals surface area contributed by atoms with Gasteiger partial charge in [0, 0.05) is 42.7 Å².